The van der Waals surface area contributed by atoms with E-state index in [-0.39, 0.29) is 43.1 Å². The molecule has 8 heteroatoms. The Labute approximate surface area is 179 Å². The monoisotopic (exact) mass is 425 g/mol. The average Bonchev–Trinajstić information content (AvgIpc) is 3.31. The van der Waals surface area contributed by atoms with E-state index >= 15 is 0 Å². The number of phenolic OH excluding ortho intramolecular Hbond substituents is 1. The molecule has 162 valence electrons. The van der Waals surface area contributed by atoms with Crippen LogP contribution in [0.5, 0.6) is 17.2 Å². The molecule has 1 saturated heterocycles. The van der Waals surface area contributed by atoms with Crippen molar-refractivity contribution in [2.45, 2.75) is 26.0 Å². The molecule has 0 aromatic heterocycles. The highest BCUT2D eigenvalue weighted by Gasteiger charge is 2.46. The molecule has 2 aromatic rings. The van der Waals surface area contributed by atoms with Crippen LogP contribution in [0.15, 0.2) is 48.0 Å². The fourth-order valence-corrected chi connectivity index (χ4v) is 3.70. The predicted molar refractivity (Wildman–Crippen MR) is 111 cm³/mol. The largest absolute Gasteiger partial charge is 0.508 e. The van der Waals surface area contributed by atoms with E-state index in [2.05, 4.69) is 0 Å². The Balaban J connectivity index is 1.78. The van der Waals surface area contributed by atoms with Gasteiger partial charge in [-0.15, -0.1) is 0 Å². The van der Waals surface area contributed by atoms with Crippen LogP contribution in [0.1, 0.15) is 31.0 Å². The Kier molecular flexibility index (Phi) is 5.56. The summed E-state index contributed by atoms with van der Waals surface area (Å²) in [4.78, 5) is 27.2. The lowest BCUT2D eigenvalue weighted by Gasteiger charge is -2.25. The van der Waals surface area contributed by atoms with E-state index in [4.69, 9.17) is 14.2 Å². The average molecular weight is 425 g/mol. The summed E-state index contributed by atoms with van der Waals surface area (Å²) >= 11 is 0. The molecule has 0 radical (unpaired) electrons. The number of likely N-dealkylation sites (tertiary alicyclic amines) is 1. The topological polar surface area (TPSA) is 106 Å². The molecule has 2 aliphatic heterocycles. The minimum absolute atomic E-state index is 0.0286. The summed E-state index contributed by atoms with van der Waals surface area (Å²) in [6.07, 6.45) is -0.0300. The number of hydrogen-bond donors (Lipinski definition) is 2. The quantitative estimate of drug-likeness (QED) is 0.416. The van der Waals surface area contributed by atoms with E-state index < -0.39 is 17.7 Å². The van der Waals surface area contributed by atoms with Crippen molar-refractivity contribution in [3.05, 3.63) is 59.2 Å². The van der Waals surface area contributed by atoms with Gasteiger partial charge in [-0.3, -0.25) is 9.59 Å². The molecule has 0 saturated carbocycles. The number of carbonyl (C=O) groups is 2. The van der Waals surface area contributed by atoms with Crippen molar-refractivity contribution in [3.8, 4) is 17.2 Å². The zero-order valence-corrected chi connectivity index (χ0v) is 17.2. The standard InChI is InChI=1S/C23H23NO7/c1-13(2)29-10-9-24-20(14-3-6-16(25)7-4-14)19(22(27)23(24)28)21(26)15-5-8-17-18(11-15)31-12-30-17/h3-8,11,13,20,25-26H,9-10,12H2,1-2H3/b21-19-. The first-order chi connectivity index (χ1) is 14.9. The fourth-order valence-electron chi connectivity index (χ4n) is 3.70. The second-order valence-electron chi connectivity index (χ2n) is 7.57. The number of rotatable bonds is 6. The van der Waals surface area contributed by atoms with Crippen molar-refractivity contribution in [1.29, 1.82) is 0 Å². The van der Waals surface area contributed by atoms with Crippen LogP contribution in [-0.2, 0) is 14.3 Å². The van der Waals surface area contributed by atoms with Gasteiger partial charge in [0.05, 0.1) is 24.3 Å². The maximum Gasteiger partial charge on any atom is 0.295 e. The third-order valence-corrected chi connectivity index (χ3v) is 5.18. The number of aliphatic hydroxyl groups excluding tert-OH is 1. The molecule has 0 spiro atoms. The van der Waals surface area contributed by atoms with Crippen molar-refractivity contribution in [2.75, 3.05) is 19.9 Å². The normalized spacial score (nSPS) is 19.5. The number of aliphatic hydroxyl groups is 1. The van der Waals surface area contributed by atoms with Crippen LogP contribution in [-0.4, -0.2) is 52.9 Å². The number of ether oxygens (including phenoxy) is 3. The third-order valence-electron chi connectivity index (χ3n) is 5.18. The predicted octanol–water partition coefficient (Wildman–Crippen LogP) is 2.97. The van der Waals surface area contributed by atoms with Gasteiger partial charge >= 0.3 is 0 Å². The van der Waals surface area contributed by atoms with Crippen LogP contribution >= 0.6 is 0 Å². The number of nitrogens with zero attached hydrogens (tertiary/aromatic N) is 1. The molecule has 2 N–H and O–H groups in total. The Morgan fingerprint density at radius 1 is 1.13 bits per heavy atom. The molecule has 4 rings (SSSR count). The minimum Gasteiger partial charge on any atom is -0.508 e. The van der Waals surface area contributed by atoms with Crippen LogP contribution in [0.3, 0.4) is 0 Å². The summed E-state index contributed by atoms with van der Waals surface area (Å²) < 4.78 is 16.2. The van der Waals surface area contributed by atoms with E-state index in [9.17, 15) is 19.8 Å². The molecule has 1 fully saturated rings. The van der Waals surface area contributed by atoms with E-state index in [1.54, 1.807) is 30.3 Å². The summed E-state index contributed by atoms with van der Waals surface area (Å²) in [6.45, 7) is 4.25. The number of amides is 1. The zero-order chi connectivity index (χ0) is 22.1. The van der Waals surface area contributed by atoms with E-state index in [0.29, 0.717) is 22.6 Å². The number of benzene rings is 2. The summed E-state index contributed by atoms with van der Waals surface area (Å²) in [5.41, 5.74) is 0.896. The van der Waals surface area contributed by atoms with Gasteiger partial charge in [0.2, 0.25) is 6.79 Å². The Morgan fingerprint density at radius 3 is 2.55 bits per heavy atom. The number of carbonyl (C=O) groups excluding carboxylic acids is 2. The maximum absolute atomic E-state index is 13.0. The second-order valence-corrected chi connectivity index (χ2v) is 7.57. The SMILES string of the molecule is CC(C)OCCN1C(=O)C(=O)/C(=C(\O)c2ccc3c(c2)OCO3)C1c1ccc(O)cc1. The van der Waals surface area contributed by atoms with Crippen molar-refractivity contribution in [2.24, 2.45) is 0 Å². The molecule has 2 aromatic carbocycles. The first-order valence-electron chi connectivity index (χ1n) is 9.95. The van der Waals surface area contributed by atoms with Gasteiger partial charge in [-0.2, -0.15) is 0 Å². The number of fused-ring (bicyclic) bond motifs is 1. The van der Waals surface area contributed by atoms with Crippen LogP contribution in [0.25, 0.3) is 5.76 Å². The Hall–Kier alpha value is -3.52. The summed E-state index contributed by atoms with van der Waals surface area (Å²) in [6, 6.07) is 10.2. The van der Waals surface area contributed by atoms with Gasteiger partial charge in [-0.25, -0.2) is 0 Å². The van der Waals surface area contributed by atoms with Gasteiger partial charge in [0.1, 0.15) is 11.5 Å². The highest BCUT2D eigenvalue weighted by Crippen LogP contribution is 2.41. The molecule has 1 atom stereocenters. The first kappa shape index (κ1) is 20.7. The van der Waals surface area contributed by atoms with Crippen LogP contribution in [0, 0.1) is 0 Å². The number of phenols is 1. The van der Waals surface area contributed by atoms with E-state index in [1.165, 1.54) is 17.0 Å². The third kappa shape index (κ3) is 3.94. The van der Waals surface area contributed by atoms with Crippen molar-refractivity contribution < 1.29 is 34.0 Å². The molecule has 1 unspecified atom stereocenters. The number of ketones is 1. The first-order valence-corrected chi connectivity index (χ1v) is 9.95. The molecule has 0 bridgehead atoms. The molecule has 1 amide bonds. The summed E-state index contributed by atoms with van der Waals surface area (Å²) in [7, 11) is 0. The van der Waals surface area contributed by atoms with E-state index in [1.807, 2.05) is 13.8 Å². The van der Waals surface area contributed by atoms with Crippen LogP contribution in [0.4, 0.5) is 0 Å². The van der Waals surface area contributed by atoms with Gasteiger partial charge in [0.15, 0.2) is 11.5 Å². The number of Topliss-reactive ketones (excluding diaryl/α,β-unsaturated/α-hetero) is 1. The molecular weight excluding hydrogens is 402 g/mol. The Bertz CT molecular complexity index is 1040. The molecule has 2 heterocycles. The Morgan fingerprint density at radius 2 is 1.84 bits per heavy atom. The van der Waals surface area contributed by atoms with Gasteiger partial charge in [-0.1, -0.05) is 12.1 Å². The maximum atomic E-state index is 13.0. The summed E-state index contributed by atoms with van der Waals surface area (Å²) in [5, 5.41) is 20.7. The zero-order valence-electron chi connectivity index (χ0n) is 17.2. The number of hydrogen-bond acceptors (Lipinski definition) is 7. The second kappa shape index (κ2) is 8.31. The van der Waals surface area contributed by atoms with Crippen molar-refractivity contribution in [1.82, 2.24) is 4.90 Å². The van der Waals surface area contributed by atoms with Crippen LogP contribution in [0.2, 0.25) is 0 Å². The fraction of sp³-hybridized carbons (Fsp3) is 0.304. The summed E-state index contributed by atoms with van der Waals surface area (Å²) in [5.74, 6) is -0.755. The lowest BCUT2D eigenvalue weighted by atomic mass is 9.95. The molecule has 31 heavy (non-hydrogen) atoms. The molecular formula is C23H23NO7. The van der Waals surface area contributed by atoms with Gasteiger partial charge in [0.25, 0.3) is 11.7 Å². The van der Waals surface area contributed by atoms with Crippen molar-refractivity contribution in [3.63, 3.8) is 0 Å². The van der Waals surface area contributed by atoms with Gasteiger partial charge in [0, 0.05) is 12.1 Å². The molecule has 8 nitrogen and oxygen atoms in total. The van der Waals surface area contributed by atoms with Crippen molar-refractivity contribution >= 4 is 17.4 Å². The highest BCUT2D eigenvalue weighted by atomic mass is 16.7. The van der Waals surface area contributed by atoms with Gasteiger partial charge in [-0.05, 0) is 49.7 Å². The molecule has 2 aliphatic rings. The number of aromatic hydroxyl groups is 1. The molecule has 0 aliphatic carbocycles. The van der Waals surface area contributed by atoms with E-state index in [0.717, 1.165) is 0 Å². The minimum atomic E-state index is -0.818. The lowest BCUT2D eigenvalue weighted by molar-refractivity contribution is -0.140. The van der Waals surface area contributed by atoms with Crippen LogP contribution < -0.4 is 9.47 Å². The smallest absolute Gasteiger partial charge is 0.295 e. The lowest BCUT2D eigenvalue weighted by Crippen LogP contribution is -2.33. The van der Waals surface area contributed by atoms with Gasteiger partial charge < -0.3 is 29.3 Å². The highest BCUT2D eigenvalue weighted by molar-refractivity contribution is 6.46.